The molecule has 9 heteroatoms. The van der Waals surface area contributed by atoms with Gasteiger partial charge >= 0.3 is 18.1 Å². The maximum atomic E-state index is 12.5. The van der Waals surface area contributed by atoms with Crippen LogP contribution in [0.1, 0.15) is 21.5 Å². The smallest absolute Gasteiger partial charge is 0.416 e. The zero-order valence-corrected chi connectivity index (χ0v) is 15.2. The minimum absolute atomic E-state index is 0.139. The maximum absolute atomic E-state index is 12.5. The zero-order chi connectivity index (χ0) is 21.4. The average molecular weight is 407 g/mol. The normalized spacial score (nSPS) is 11.2. The first-order chi connectivity index (χ1) is 13.7. The summed E-state index contributed by atoms with van der Waals surface area (Å²) in [5.41, 5.74) is 0.267. The molecule has 6 nitrogen and oxygen atoms in total. The van der Waals surface area contributed by atoms with Gasteiger partial charge in [0.25, 0.3) is 5.91 Å². The van der Waals surface area contributed by atoms with E-state index in [1.807, 2.05) is 0 Å². The van der Waals surface area contributed by atoms with Crippen LogP contribution in [-0.2, 0) is 25.2 Å². The molecule has 0 aromatic heterocycles. The van der Waals surface area contributed by atoms with Gasteiger partial charge in [0, 0.05) is 11.8 Å². The van der Waals surface area contributed by atoms with Crippen LogP contribution in [0.5, 0.6) is 0 Å². The fraction of sp³-hybridized carbons (Fsp3) is 0.150. The Balaban J connectivity index is 1.81. The molecule has 0 unspecified atom stereocenters. The Bertz CT molecular complexity index is 903. The van der Waals surface area contributed by atoms with E-state index in [9.17, 15) is 27.6 Å². The molecular weight excluding hydrogens is 391 g/mol. The van der Waals surface area contributed by atoms with Crippen molar-refractivity contribution in [2.75, 3.05) is 19.0 Å². The number of rotatable bonds is 6. The first kappa shape index (κ1) is 21.7. The highest BCUT2D eigenvalue weighted by Gasteiger charge is 2.29. The molecule has 0 aliphatic heterocycles. The van der Waals surface area contributed by atoms with E-state index in [1.54, 1.807) is 12.1 Å². The quantitative estimate of drug-likeness (QED) is 0.584. The molecule has 0 saturated carbocycles. The van der Waals surface area contributed by atoms with E-state index >= 15 is 0 Å². The van der Waals surface area contributed by atoms with Crippen LogP contribution < -0.4 is 5.32 Å². The van der Waals surface area contributed by atoms with Crippen LogP contribution in [0.15, 0.2) is 54.6 Å². The Labute approximate surface area is 163 Å². The first-order valence-electron chi connectivity index (χ1n) is 8.19. The molecule has 0 saturated heterocycles. The molecule has 1 N–H and O–H groups in total. The van der Waals surface area contributed by atoms with Crippen molar-refractivity contribution in [2.24, 2.45) is 0 Å². The van der Waals surface area contributed by atoms with Crippen molar-refractivity contribution in [1.82, 2.24) is 0 Å². The summed E-state index contributed by atoms with van der Waals surface area (Å²) < 4.78 is 46.8. The van der Waals surface area contributed by atoms with Crippen LogP contribution >= 0.6 is 0 Å². The predicted molar refractivity (Wildman–Crippen MR) is 97.8 cm³/mol. The molecular formula is C20H16F3NO5. The number of carbonyl (C=O) groups is 3. The number of ether oxygens (including phenoxy) is 2. The van der Waals surface area contributed by atoms with Gasteiger partial charge in [-0.05, 0) is 48.0 Å². The lowest BCUT2D eigenvalue weighted by molar-refractivity contribution is -0.142. The molecule has 0 aliphatic carbocycles. The number of amides is 1. The third kappa shape index (κ3) is 6.80. The monoisotopic (exact) mass is 407 g/mol. The number of benzene rings is 2. The van der Waals surface area contributed by atoms with E-state index in [0.29, 0.717) is 11.1 Å². The number of anilines is 1. The van der Waals surface area contributed by atoms with Gasteiger partial charge in [0.1, 0.15) is 0 Å². The number of carbonyl (C=O) groups excluding carboxylic acids is 3. The summed E-state index contributed by atoms with van der Waals surface area (Å²) in [5.74, 6) is -1.97. The molecule has 2 aromatic rings. The SMILES string of the molecule is COC(=O)c1ccc(/C=C/C(=O)OCC(=O)Nc2ccc(C(F)(F)F)cc2)cc1. The standard InChI is InChI=1S/C20H16F3NO5/c1-28-19(27)14-5-2-13(3-6-14)4-11-18(26)29-12-17(25)24-16-9-7-15(8-10-16)20(21,22)23/h2-11H,12H2,1H3,(H,24,25)/b11-4+. The van der Waals surface area contributed by atoms with E-state index in [1.165, 1.54) is 25.3 Å². The van der Waals surface area contributed by atoms with Crippen LogP contribution in [0.25, 0.3) is 6.08 Å². The highest BCUT2D eigenvalue weighted by molar-refractivity contribution is 5.94. The number of nitrogens with one attached hydrogen (secondary N) is 1. The number of halogens is 3. The number of hydrogen-bond donors (Lipinski definition) is 1. The van der Waals surface area contributed by atoms with Crippen LogP contribution in [0.3, 0.4) is 0 Å². The van der Waals surface area contributed by atoms with Gasteiger partial charge in [-0.2, -0.15) is 13.2 Å². The van der Waals surface area contributed by atoms with Crippen molar-refractivity contribution in [3.63, 3.8) is 0 Å². The molecule has 1 amide bonds. The molecule has 0 aliphatic rings. The van der Waals surface area contributed by atoms with E-state index in [2.05, 4.69) is 10.1 Å². The van der Waals surface area contributed by atoms with Gasteiger partial charge in [-0.15, -0.1) is 0 Å². The largest absolute Gasteiger partial charge is 0.465 e. The summed E-state index contributed by atoms with van der Waals surface area (Å²) in [4.78, 5) is 34.7. The van der Waals surface area contributed by atoms with Gasteiger partial charge in [-0.25, -0.2) is 9.59 Å². The Morgan fingerprint density at radius 2 is 1.62 bits per heavy atom. The third-order valence-corrected chi connectivity index (χ3v) is 3.59. The lowest BCUT2D eigenvalue weighted by atomic mass is 10.1. The molecule has 0 bridgehead atoms. The first-order valence-corrected chi connectivity index (χ1v) is 8.19. The molecule has 2 aromatic carbocycles. The highest BCUT2D eigenvalue weighted by atomic mass is 19.4. The molecule has 0 spiro atoms. The summed E-state index contributed by atoms with van der Waals surface area (Å²) in [6, 6.07) is 10.1. The van der Waals surface area contributed by atoms with E-state index in [0.717, 1.165) is 30.3 Å². The van der Waals surface area contributed by atoms with Crippen molar-refractivity contribution < 1.29 is 37.0 Å². The van der Waals surface area contributed by atoms with Gasteiger partial charge in [-0.3, -0.25) is 4.79 Å². The Kier molecular flexibility index (Phi) is 7.13. The van der Waals surface area contributed by atoms with Crippen LogP contribution in [0, 0.1) is 0 Å². The second-order valence-electron chi connectivity index (χ2n) is 5.68. The second kappa shape index (κ2) is 9.54. The minimum atomic E-state index is -4.47. The van der Waals surface area contributed by atoms with Gasteiger partial charge in [0.2, 0.25) is 0 Å². The van der Waals surface area contributed by atoms with Crippen molar-refractivity contribution in [3.8, 4) is 0 Å². The van der Waals surface area contributed by atoms with Gasteiger partial charge < -0.3 is 14.8 Å². The molecule has 29 heavy (non-hydrogen) atoms. The van der Waals surface area contributed by atoms with Crippen molar-refractivity contribution in [2.45, 2.75) is 6.18 Å². The Morgan fingerprint density at radius 1 is 1.00 bits per heavy atom. The molecule has 152 valence electrons. The Hall–Kier alpha value is -3.62. The topological polar surface area (TPSA) is 81.7 Å². The van der Waals surface area contributed by atoms with Crippen LogP contribution in [0.4, 0.5) is 18.9 Å². The maximum Gasteiger partial charge on any atom is 0.416 e. The van der Waals surface area contributed by atoms with E-state index in [4.69, 9.17) is 4.74 Å². The summed E-state index contributed by atoms with van der Waals surface area (Å²) in [6.07, 6.45) is -1.94. The van der Waals surface area contributed by atoms with Gasteiger partial charge in [0.15, 0.2) is 6.61 Å². The lowest BCUT2D eigenvalue weighted by Gasteiger charge is -2.08. The molecule has 0 radical (unpaired) electrons. The number of methoxy groups -OCH3 is 1. The Morgan fingerprint density at radius 3 is 2.17 bits per heavy atom. The molecule has 0 fully saturated rings. The predicted octanol–water partition coefficient (Wildman–Crippen LogP) is 3.69. The van der Waals surface area contributed by atoms with Crippen LogP contribution in [-0.4, -0.2) is 31.6 Å². The fourth-order valence-corrected chi connectivity index (χ4v) is 2.14. The summed E-state index contributed by atoms with van der Waals surface area (Å²) in [7, 11) is 1.26. The lowest BCUT2D eigenvalue weighted by Crippen LogP contribution is -2.20. The van der Waals surface area contributed by atoms with Gasteiger partial charge in [0.05, 0.1) is 18.2 Å². The van der Waals surface area contributed by atoms with Crippen molar-refractivity contribution in [3.05, 3.63) is 71.3 Å². The van der Waals surface area contributed by atoms with Crippen LogP contribution in [0.2, 0.25) is 0 Å². The summed E-state index contributed by atoms with van der Waals surface area (Å²) >= 11 is 0. The molecule has 0 heterocycles. The minimum Gasteiger partial charge on any atom is -0.465 e. The zero-order valence-electron chi connectivity index (χ0n) is 15.2. The van der Waals surface area contributed by atoms with Crippen molar-refractivity contribution in [1.29, 1.82) is 0 Å². The third-order valence-electron chi connectivity index (χ3n) is 3.59. The average Bonchev–Trinajstić information content (AvgIpc) is 2.70. The fourth-order valence-electron chi connectivity index (χ4n) is 2.14. The number of esters is 2. The molecule has 2 rings (SSSR count). The van der Waals surface area contributed by atoms with Gasteiger partial charge in [-0.1, -0.05) is 12.1 Å². The highest BCUT2D eigenvalue weighted by Crippen LogP contribution is 2.29. The number of alkyl halides is 3. The van der Waals surface area contributed by atoms with E-state index in [-0.39, 0.29) is 5.69 Å². The summed E-state index contributed by atoms with van der Waals surface area (Å²) in [6.45, 7) is -0.606. The number of hydrogen-bond acceptors (Lipinski definition) is 5. The van der Waals surface area contributed by atoms with E-state index < -0.39 is 36.2 Å². The molecule has 0 atom stereocenters. The summed E-state index contributed by atoms with van der Waals surface area (Å²) in [5, 5.41) is 2.32. The van der Waals surface area contributed by atoms with Crippen molar-refractivity contribution >= 4 is 29.6 Å². The second-order valence-corrected chi connectivity index (χ2v) is 5.68.